The van der Waals surface area contributed by atoms with Crippen molar-refractivity contribution in [2.75, 3.05) is 0 Å². The van der Waals surface area contributed by atoms with Crippen molar-refractivity contribution in [1.29, 1.82) is 0 Å². The zero-order chi connectivity index (χ0) is 9.81. The van der Waals surface area contributed by atoms with E-state index in [2.05, 4.69) is 38.1 Å². The predicted molar refractivity (Wildman–Crippen MR) is 56.2 cm³/mol. The molecule has 1 heteroatoms. The van der Waals surface area contributed by atoms with Crippen LogP contribution in [0, 0.1) is 6.92 Å². The van der Waals surface area contributed by atoms with Crippen LogP contribution in [0.4, 0.5) is 0 Å². The van der Waals surface area contributed by atoms with E-state index >= 15 is 0 Å². The van der Waals surface area contributed by atoms with E-state index in [1.165, 1.54) is 30.4 Å². The van der Waals surface area contributed by atoms with Gasteiger partial charge in [-0.15, -0.1) is 0 Å². The third kappa shape index (κ3) is 0.885. The van der Waals surface area contributed by atoms with Crippen molar-refractivity contribution in [2.24, 2.45) is 0 Å². The minimum atomic E-state index is 0.0251. The molecule has 1 atom stereocenters. The molecule has 1 spiro atoms. The molecule has 2 fully saturated rings. The smallest absolute Gasteiger partial charge is 0.120 e. The predicted octanol–water partition coefficient (Wildman–Crippen LogP) is 3.16. The molecular weight excluding hydrogens is 172 g/mol. The Morgan fingerprint density at radius 2 is 2.07 bits per heavy atom. The summed E-state index contributed by atoms with van der Waals surface area (Å²) in [6.45, 7) is 4.38. The summed E-state index contributed by atoms with van der Waals surface area (Å²) in [7, 11) is 0. The molecule has 1 aromatic carbocycles. The first-order valence-corrected chi connectivity index (χ1v) is 5.44. The molecule has 0 aromatic heterocycles. The Kier molecular flexibility index (Phi) is 1.46. The van der Waals surface area contributed by atoms with Crippen LogP contribution in [0.25, 0.3) is 0 Å². The van der Waals surface area contributed by atoms with Crippen LogP contribution in [0.3, 0.4) is 0 Å². The van der Waals surface area contributed by atoms with Gasteiger partial charge < -0.3 is 4.74 Å². The molecule has 3 rings (SSSR count). The molecule has 1 saturated carbocycles. The van der Waals surface area contributed by atoms with Gasteiger partial charge in [0, 0.05) is 0 Å². The maximum absolute atomic E-state index is 5.97. The standard InChI is InChI=1S/C13H16O/c1-10-5-3-6-11(9-10)12(2)13(14-12)7-4-8-13/h3,5-6,9H,4,7-8H2,1-2H3/t12-/m1/s1. The summed E-state index contributed by atoms with van der Waals surface area (Å²) in [6.07, 6.45) is 3.83. The monoisotopic (exact) mass is 188 g/mol. The second kappa shape index (κ2) is 2.40. The maximum atomic E-state index is 5.97. The molecule has 1 aliphatic heterocycles. The normalized spacial score (nSPS) is 32.7. The quantitative estimate of drug-likeness (QED) is 0.617. The molecule has 1 nitrogen and oxygen atoms in total. The third-order valence-corrected chi connectivity index (χ3v) is 3.96. The van der Waals surface area contributed by atoms with Crippen LogP contribution in [-0.2, 0) is 10.3 Å². The van der Waals surface area contributed by atoms with Crippen LogP contribution in [0.1, 0.15) is 37.3 Å². The van der Waals surface area contributed by atoms with Crippen molar-refractivity contribution in [3.8, 4) is 0 Å². The minimum Gasteiger partial charge on any atom is -0.358 e. The van der Waals surface area contributed by atoms with Crippen molar-refractivity contribution < 1.29 is 4.74 Å². The summed E-state index contributed by atoms with van der Waals surface area (Å²) in [5, 5.41) is 0. The van der Waals surface area contributed by atoms with E-state index in [1.54, 1.807) is 0 Å². The molecule has 14 heavy (non-hydrogen) atoms. The number of benzene rings is 1. The fourth-order valence-corrected chi connectivity index (χ4v) is 2.71. The lowest BCUT2D eigenvalue weighted by atomic mass is 9.74. The zero-order valence-corrected chi connectivity index (χ0v) is 8.84. The van der Waals surface area contributed by atoms with Gasteiger partial charge >= 0.3 is 0 Å². The molecular formula is C13H16O. The van der Waals surface area contributed by atoms with Crippen molar-refractivity contribution in [1.82, 2.24) is 0 Å². The molecule has 2 aliphatic rings. The van der Waals surface area contributed by atoms with Crippen molar-refractivity contribution in [3.05, 3.63) is 35.4 Å². The van der Waals surface area contributed by atoms with Crippen LogP contribution in [0.2, 0.25) is 0 Å². The van der Waals surface area contributed by atoms with Gasteiger partial charge in [-0.3, -0.25) is 0 Å². The minimum absolute atomic E-state index is 0.0251. The topological polar surface area (TPSA) is 12.5 Å². The number of epoxide rings is 1. The van der Waals surface area contributed by atoms with Gasteiger partial charge in [-0.05, 0) is 38.7 Å². The van der Waals surface area contributed by atoms with E-state index in [4.69, 9.17) is 4.74 Å². The fourth-order valence-electron chi connectivity index (χ4n) is 2.71. The van der Waals surface area contributed by atoms with Crippen LogP contribution in [0.5, 0.6) is 0 Å². The van der Waals surface area contributed by atoms with Crippen LogP contribution >= 0.6 is 0 Å². The van der Waals surface area contributed by atoms with Crippen LogP contribution < -0.4 is 0 Å². The van der Waals surface area contributed by atoms with E-state index in [-0.39, 0.29) is 11.2 Å². The maximum Gasteiger partial charge on any atom is 0.120 e. The van der Waals surface area contributed by atoms with Crippen molar-refractivity contribution in [2.45, 2.75) is 44.3 Å². The van der Waals surface area contributed by atoms with Gasteiger partial charge in [-0.2, -0.15) is 0 Å². The first-order chi connectivity index (χ1) is 6.66. The first-order valence-electron chi connectivity index (χ1n) is 5.44. The Hall–Kier alpha value is -0.820. The first kappa shape index (κ1) is 8.49. The lowest BCUT2D eigenvalue weighted by Crippen LogP contribution is -2.29. The van der Waals surface area contributed by atoms with Crippen LogP contribution in [-0.4, -0.2) is 5.60 Å². The van der Waals surface area contributed by atoms with E-state index < -0.39 is 0 Å². The molecule has 1 aromatic rings. The number of hydrogen-bond acceptors (Lipinski definition) is 1. The highest BCUT2D eigenvalue weighted by Crippen LogP contribution is 2.65. The second-order valence-corrected chi connectivity index (χ2v) is 4.85. The van der Waals surface area contributed by atoms with E-state index in [0.29, 0.717) is 0 Å². The van der Waals surface area contributed by atoms with E-state index in [0.717, 1.165) is 0 Å². The Morgan fingerprint density at radius 3 is 2.57 bits per heavy atom. The van der Waals surface area contributed by atoms with E-state index in [9.17, 15) is 0 Å². The molecule has 1 heterocycles. The summed E-state index contributed by atoms with van der Waals surface area (Å²) in [5.41, 5.74) is 2.93. The fraction of sp³-hybridized carbons (Fsp3) is 0.538. The van der Waals surface area contributed by atoms with Gasteiger partial charge in [0.2, 0.25) is 0 Å². The molecule has 0 bridgehead atoms. The second-order valence-electron chi connectivity index (χ2n) is 4.85. The molecule has 0 N–H and O–H groups in total. The van der Waals surface area contributed by atoms with Gasteiger partial charge in [0.15, 0.2) is 0 Å². The Bertz CT molecular complexity index is 379. The summed E-state index contributed by atoms with van der Waals surface area (Å²) in [5.74, 6) is 0. The van der Waals surface area contributed by atoms with Gasteiger partial charge in [0.25, 0.3) is 0 Å². The highest BCUT2D eigenvalue weighted by atomic mass is 16.6. The highest BCUT2D eigenvalue weighted by molar-refractivity contribution is 5.36. The summed E-state index contributed by atoms with van der Waals surface area (Å²) >= 11 is 0. The molecule has 1 saturated heterocycles. The lowest BCUT2D eigenvalue weighted by molar-refractivity contribution is 0.194. The lowest BCUT2D eigenvalue weighted by Gasteiger charge is -2.25. The summed E-state index contributed by atoms with van der Waals surface area (Å²) in [4.78, 5) is 0. The highest BCUT2D eigenvalue weighted by Gasteiger charge is 2.70. The number of rotatable bonds is 1. The Morgan fingerprint density at radius 1 is 1.29 bits per heavy atom. The third-order valence-electron chi connectivity index (χ3n) is 3.96. The van der Waals surface area contributed by atoms with Gasteiger partial charge in [0.05, 0.1) is 0 Å². The summed E-state index contributed by atoms with van der Waals surface area (Å²) < 4.78 is 5.97. The number of aryl methyl sites for hydroxylation is 1. The average Bonchev–Trinajstić information content (AvgIpc) is 2.74. The van der Waals surface area contributed by atoms with Gasteiger partial charge in [0.1, 0.15) is 11.2 Å². The van der Waals surface area contributed by atoms with Crippen LogP contribution in [0.15, 0.2) is 24.3 Å². The zero-order valence-electron chi connectivity index (χ0n) is 8.84. The molecule has 74 valence electrons. The molecule has 1 aliphatic carbocycles. The molecule has 0 radical (unpaired) electrons. The van der Waals surface area contributed by atoms with Crippen molar-refractivity contribution in [3.63, 3.8) is 0 Å². The molecule has 0 unspecified atom stereocenters. The Balaban J connectivity index is 1.97. The van der Waals surface area contributed by atoms with Gasteiger partial charge in [-0.25, -0.2) is 0 Å². The average molecular weight is 188 g/mol. The van der Waals surface area contributed by atoms with Gasteiger partial charge in [-0.1, -0.05) is 29.8 Å². The van der Waals surface area contributed by atoms with E-state index in [1.807, 2.05) is 0 Å². The summed E-state index contributed by atoms with van der Waals surface area (Å²) in [6, 6.07) is 8.72. The number of ether oxygens (including phenoxy) is 1. The SMILES string of the molecule is Cc1cccc([C@@]2(C)OC23CCC3)c1. The largest absolute Gasteiger partial charge is 0.358 e. The number of hydrogen-bond donors (Lipinski definition) is 0. The Labute approximate surface area is 85.1 Å². The molecule has 0 amide bonds. The van der Waals surface area contributed by atoms with Crippen molar-refractivity contribution >= 4 is 0 Å².